The Hall–Kier alpha value is -1.46. The second-order valence-corrected chi connectivity index (χ2v) is 4.82. The van der Waals surface area contributed by atoms with Crippen molar-refractivity contribution in [2.45, 2.75) is 38.8 Å². The Morgan fingerprint density at radius 3 is 2.90 bits per heavy atom. The molecule has 5 nitrogen and oxygen atoms in total. The van der Waals surface area contributed by atoms with E-state index in [2.05, 4.69) is 11.9 Å². The molecule has 0 radical (unpaired) electrons. The number of ether oxygens (including phenoxy) is 1. The fourth-order valence-corrected chi connectivity index (χ4v) is 1.94. The van der Waals surface area contributed by atoms with Crippen LogP contribution in [0.3, 0.4) is 0 Å². The molecule has 2 N–H and O–H groups in total. The molecule has 0 fully saturated rings. The summed E-state index contributed by atoms with van der Waals surface area (Å²) in [6.07, 6.45) is 4.46. The zero-order valence-electron chi connectivity index (χ0n) is 12.4. The smallest absolute Gasteiger partial charge is 0.239 e. The van der Waals surface area contributed by atoms with E-state index in [1.54, 1.807) is 18.2 Å². The minimum absolute atomic E-state index is 0.0267. The molecule has 0 aliphatic heterocycles. The Bertz CT molecular complexity index is 384. The Morgan fingerprint density at radius 2 is 2.30 bits per heavy atom. The third-order valence-corrected chi connectivity index (χ3v) is 3.14. The number of hydrogen-bond acceptors (Lipinski definition) is 4. The van der Waals surface area contributed by atoms with Crippen LogP contribution in [0.1, 0.15) is 31.9 Å². The van der Waals surface area contributed by atoms with Gasteiger partial charge in [-0.2, -0.15) is 0 Å². The third kappa shape index (κ3) is 5.67. The summed E-state index contributed by atoms with van der Waals surface area (Å²) in [7, 11) is 1.63. The number of hydrogen-bond donors (Lipinski definition) is 1. The van der Waals surface area contributed by atoms with Gasteiger partial charge in [-0.3, -0.25) is 9.78 Å². The number of amides is 1. The molecular weight excluding hydrogens is 254 g/mol. The highest BCUT2D eigenvalue weighted by Crippen LogP contribution is 2.07. The summed E-state index contributed by atoms with van der Waals surface area (Å²) in [5.74, 6) is -0.0267. The van der Waals surface area contributed by atoms with Crippen LogP contribution in [0.4, 0.5) is 0 Å². The van der Waals surface area contributed by atoms with Gasteiger partial charge in [-0.1, -0.05) is 25.8 Å². The summed E-state index contributed by atoms with van der Waals surface area (Å²) in [6, 6.07) is 5.25. The average Bonchev–Trinajstić information content (AvgIpc) is 2.49. The molecule has 0 aliphatic carbocycles. The Balaban J connectivity index is 2.65. The Kier molecular flexibility index (Phi) is 7.84. The molecule has 1 amide bonds. The monoisotopic (exact) mass is 279 g/mol. The number of nitrogens with zero attached hydrogens (tertiary/aromatic N) is 2. The lowest BCUT2D eigenvalue weighted by Gasteiger charge is -2.25. The van der Waals surface area contributed by atoms with Crippen molar-refractivity contribution in [3.8, 4) is 0 Å². The first-order valence-corrected chi connectivity index (χ1v) is 7.12. The number of pyridine rings is 1. The van der Waals surface area contributed by atoms with Crippen LogP contribution in [0, 0.1) is 0 Å². The zero-order chi connectivity index (χ0) is 14.8. The van der Waals surface area contributed by atoms with Gasteiger partial charge in [-0.05, 0) is 18.6 Å². The van der Waals surface area contributed by atoms with E-state index in [1.807, 2.05) is 18.2 Å². The molecule has 0 aromatic carbocycles. The van der Waals surface area contributed by atoms with Crippen molar-refractivity contribution in [2.75, 3.05) is 20.3 Å². The summed E-state index contributed by atoms with van der Waals surface area (Å²) < 4.78 is 5.07. The molecule has 1 heterocycles. The first kappa shape index (κ1) is 16.6. The second kappa shape index (κ2) is 9.44. The van der Waals surface area contributed by atoms with Gasteiger partial charge < -0.3 is 15.4 Å². The van der Waals surface area contributed by atoms with E-state index in [1.165, 1.54) is 0 Å². The molecule has 1 aromatic rings. The quantitative estimate of drug-likeness (QED) is 0.745. The molecule has 0 spiro atoms. The number of methoxy groups -OCH3 is 1. The lowest BCUT2D eigenvalue weighted by molar-refractivity contribution is -0.134. The van der Waals surface area contributed by atoms with Crippen molar-refractivity contribution in [3.63, 3.8) is 0 Å². The molecule has 1 aromatic heterocycles. The van der Waals surface area contributed by atoms with Crippen molar-refractivity contribution in [2.24, 2.45) is 5.73 Å². The van der Waals surface area contributed by atoms with Crippen LogP contribution in [0.2, 0.25) is 0 Å². The molecular formula is C15H25N3O2. The fourth-order valence-electron chi connectivity index (χ4n) is 1.94. The Labute approximate surface area is 121 Å². The third-order valence-electron chi connectivity index (χ3n) is 3.14. The maximum absolute atomic E-state index is 12.4. The van der Waals surface area contributed by atoms with Crippen LogP contribution in [0.5, 0.6) is 0 Å². The van der Waals surface area contributed by atoms with E-state index >= 15 is 0 Å². The molecule has 0 aliphatic rings. The van der Waals surface area contributed by atoms with Crippen molar-refractivity contribution < 1.29 is 9.53 Å². The molecule has 0 bridgehead atoms. The lowest BCUT2D eigenvalue weighted by Crippen LogP contribution is -2.44. The first-order chi connectivity index (χ1) is 9.69. The highest BCUT2D eigenvalue weighted by atomic mass is 16.5. The van der Waals surface area contributed by atoms with Crippen LogP contribution >= 0.6 is 0 Å². The van der Waals surface area contributed by atoms with Gasteiger partial charge in [0, 0.05) is 19.9 Å². The average molecular weight is 279 g/mol. The van der Waals surface area contributed by atoms with Crippen LogP contribution in [0.25, 0.3) is 0 Å². The highest BCUT2D eigenvalue weighted by molar-refractivity contribution is 5.81. The van der Waals surface area contributed by atoms with Gasteiger partial charge >= 0.3 is 0 Å². The number of rotatable bonds is 9. The zero-order valence-corrected chi connectivity index (χ0v) is 12.4. The SMILES string of the molecule is CCCC[C@H](N)C(=O)N(CCOC)Cc1ccccn1. The summed E-state index contributed by atoms with van der Waals surface area (Å²) in [6.45, 7) is 3.60. The largest absolute Gasteiger partial charge is 0.383 e. The molecule has 0 unspecified atom stereocenters. The molecule has 1 atom stereocenters. The minimum Gasteiger partial charge on any atom is -0.383 e. The standard InChI is InChI=1S/C15H25N3O2/c1-3-4-8-14(16)15(19)18(10-11-20-2)12-13-7-5-6-9-17-13/h5-7,9,14H,3-4,8,10-12,16H2,1-2H3/t14-/m0/s1. The van der Waals surface area contributed by atoms with E-state index < -0.39 is 6.04 Å². The van der Waals surface area contributed by atoms with Crippen molar-refractivity contribution in [1.29, 1.82) is 0 Å². The van der Waals surface area contributed by atoms with Crippen LogP contribution in [-0.2, 0) is 16.1 Å². The normalized spacial score (nSPS) is 12.2. The number of unbranched alkanes of at least 4 members (excludes halogenated alkanes) is 1. The van der Waals surface area contributed by atoms with E-state index in [9.17, 15) is 4.79 Å². The highest BCUT2D eigenvalue weighted by Gasteiger charge is 2.20. The lowest BCUT2D eigenvalue weighted by atomic mass is 10.1. The number of aromatic nitrogens is 1. The second-order valence-electron chi connectivity index (χ2n) is 4.82. The summed E-state index contributed by atoms with van der Waals surface area (Å²) in [5.41, 5.74) is 6.84. The summed E-state index contributed by atoms with van der Waals surface area (Å²) >= 11 is 0. The van der Waals surface area contributed by atoms with Gasteiger partial charge in [0.25, 0.3) is 0 Å². The Morgan fingerprint density at radius 1 is 1.50 bits per heavy atom. The predicted molar refractivity (Wildman–Crippen MR) is 79.0 cm³/mol. The maximum atomic E-state index is 12.4. The molecule has 20 heavy (non-hydrogen) atoms. The van der Waals surface area contributed by atoms with Crippen LogP contribution < -0.4 is 5.73 Å². The minimum atomic E-state index is -0.435. The topological polar surface area (TPSA) is 68.5 Å². The van der Waals surface area contributed by atoms with Gasteiger partial charge in [0.2, 0.25) is 5.91 Å². The summed E-state index contributed by atoms with van der Waals surface area (Å²) in [4.78, 5) is 18.4. The molecule has 112 valence electrons. The van der Waals surface area contributed by atoms with E-state index in [0.29, 0.717) is 19.7 Å². The molecule has 0 saturated heterocycles. The van der Waals surface area contributed by atoms with Gasteiger partial charge in [-0.25, -0.2) is 0 Å². The van der Waals surface area contributed by atoms with Crippen molar-refractivity contribution in [1.82, 2.24) is 9.88 Å². The maximum Gasteiger partial charge on any atom is 0.239 e. The van der Waals surface area contributed by atoms with Gasteiger partial charge in [0.05, 0.1) is 24.9 Å². The first-order valence-electron chi connectivity index (χ1n) is 7.12. The number of carbonyl (C=O) groups excluding carboxylic acids is 1. The van der Waals surface area contributed by atoms with E-state index in [-0.39, 0.29) is 5.91 Å². The van der Waals surface area contributed by atoms with Crippen molar-refractivity contribution in [3.05, 3.63) is 30.1 Å². The fraction of sp³-hybridized carbons (Fsp3) is 0.600. The predicted octanol–water partition coefficient (Wildman–Crippen LogP) is 1.57. The van der Waals surface area contributed by atoms with E-state index in [0.717, 1.165) is 25.0 Å². The molecule has 1 rings (SSSR count). The number of carbonyl (C=O) groups is 1. The van der Waals surface area contributed by atoms with Gasteiger partial charge in [0.1, 0.15) is 0 Å². The van der Waals surface area contributed by atoms with Gasteiger partial charge in [0.15, 0.2) is 0 Å². The van der Waals surface area contributed by atoms with Crippen LogP contribution in [-0.4, -0.2) is 42.1 Å². The molecule has 5 heteroatoms. The molecule has 0 saturated carbocycles. The van der Waals surface area contributed by atoms with Crippen LogP contribution in [0.15, 0.2) is 24.4 Å². The van der Waals surface area contributed by atoms with Crippen molar-refractivity contribution >= 4 is 5.91 Å². The number of nitrogens with two attached hydrogens (primary N) is 1. The summed E-state index contributed by atoms with van der Waals surface area (Å²) in [5, 5.41) is 0. The van der Waals surface area contributed by atoms with E-state index in [4.69, 9.17) is 10.5 Å². The van der Waals surface area contributed by atoms with Gasteiger partial charge in [-0.15, -0.1) is 0 Å².